The fourth-order valence-electron chi connectivity index (χ4n) is 2.94. The van der Waals surface area contributed by atoms with Crippen molar-refractivity contribution < 1.29 is 19.1 Å². The second-order valence-corrected chi connectivity index (χ2v) is 9.25. The van der Waals surface area contributed by atoms with Crippen molar-refractivity contribution in [1.29, 1.82) is 0 Å². The van der Waals surface area contributed by atoms with Crippen LogP contribution < -0.4 is 10.6 Å². The van der Waals surface area contributed by atoms with Gasteiger partial charge in [0.15, 0.2) is 0 Å². The number of rotatable bonds is 12. The summed E-state index contributed by atoms with van der Waals surface area (Å²) < 4.78 is 5.23. The summed E-state index contributed by atoms with van der Waals surface area (Å²) in [4.78, 5) is 36.5. The van der Waals surface area contributed by atoms with Gasteiger partial charge in [-0.1, -0.05) is 67.9 Å². The number of hydrogen-bond acceptors (Lipinski definition) is 5. The second-order valence-electron chi connectivity index (χ2n) is 7.78. The average molecular weight is 477 g/mol. The zero-order chi connectivity index (χ0) is 23.3. The Hall–Kier alpha value is -2.51. The van der Waals surface area contributed by atoms with E-state index in [1.165, 1.54) is 11.8 Å². The highest BCUT2D eigenvalue weighted by Crippen LogP contribution is 2.17. The topological polar surface area (TPSA) is 84.5 Å². The summed E-state index contributed by atoms with van der Waals surface area (Å²) in [5.41, 5.74) is 1.89. The fourth-order valence-corrected chi connectivity index (χ4v) is 4.10. The molecule has 8 heteroatoms. The maximum absolute atomic E-state index is 12.8. The van der Waals surface area contributed by atoms with Gasteiger partial charge < -0.3 is 20.2 Å². The van der Waals surface area contributed by atoms with Gasteiger partial charge in [-0.15, -0.1) is 0 Å². The minimum absolute atomic E-state index is 0.111. The van der Waals surface area contributed by atoms with Crippen LogP contribution in [-0.4, -0.2) is 36.1 Å². The van der Waals surface area contributed by atoms with E-state index in [9.17, 15) is 14.4 Å². The Bertz CT molecular complexity index is 879. The van der Waals surface area contributed by atoms with Crippen LogP contribution in [0, 0.1) is 5.92 Å². The molecule has 0 aliphatic carbocycles. The van der Waals surface area contributed by atoms with Crippen molar-refractivity contribution in [1.82, 2.24) is 10.6 Å². The minimum atomic E-state index is -0.793. The van der Waals surface area contributed by atoms with Crippen LogP contribution >= 0.6 is 23.4 Å². The lowest BCUT2D eigenvalue weighted by molar-refractivity contribution is -0.125. The Labute approximate surface area is 198 Å². The van der Waals surface area contributed by atoms with Crippen molar-refractivity contribution >= 4 is 41.6 Å². The van der Waals surface area contributed by atoms with E-state index in [-0.39, 0.29) is 12.5 Å². The minimum Gasteiger partial charge on any atom is -0.445 e. The Morgan fingerprint density at radius 1 is 1.06 bits per heavy atom. The molecule has 2 rings (SSSR count). The molecule has 6 nitrogen and oxygen atoms in total. The van der Waals surface area contributed by atoms with Crippen molar-refractivity contribution in [2.45, 2.75) is 44.7 Å². The molecule has 0 aromatic heterocycles. The van der Waals surface area contributed by atoms with E-state index >= 15 is 0 Å². The van der Waals surface area contributed by atoms with E-state index in [1.807, 2.05) is 62.4 Å². The summed E-state index contributed by atoms with van der Waals surface area (Å²) in [6.07, 6.45) is 0.462. The number of hydrogen-bond donors (Lipinski definition) is 2. The molecule has 0 bridgehead atoms. The lowest BCUT2D eigenvalue weighted by Gasteiger charge is -2.22. The van der Waals surface area contributed by atoms with E-state index in [0.29, 0.717) is 29.2 Å². The summed E-state index contributed by atoms with van der Waals surface area (Å²) in [5.74, 6) is 0.831. The lowest BCUT2D eigenvalue weighted by atomic mass is 10.0. The summed E-state index contributed by atoms with van der Waals surface area (Å²) in [6.45, 7) is 4.02. The number of halogens is 1. The Morgan fingerprint density at radius 2 is 1.78 bits per heavy atom. The molecule has 0 aliphatic rings. The Morgan fingerprint density at radius 3 is 2.44 bits per heavy atom. The van der Waals surface area contributed by atoms with Crippen molar-refractivity contribution in [3.63, 3.8) is 0 Å². The van der Waals surface area contributed by atoms with Crippen LogP contribution in [0.5, 0.6) is 0 Å². The second kappa shape index (κ2) is 13.8. The molecule has 1 unspecified atom stereocenters. The zero-order valence-corrected chi connectivity index (χ0v) is 19.8. The van der Waals surface area contributed by atoms with Crippen LogP contribution in [-0.2, 0) is 26.7 Å². The number of carbonyl (C=O) groups excluding carboxylic acids is 3. The quantitative estimate of drug-likeness (QED) is 0.437. The Kier molecular flexibility index (Phi) is 11.1. The smallest absolute Gasteiger partial charge is 0.408 e. The molecular weight excluding hydrogens is 448 g/mol. The van der Waals surface area contributed by atoms with Gasteiger partial charge >= 0.3 is 6.09 Å². The summed E-state index contributed by atoms with van der Waals surface area (Å²) in [6, 6.07) is 15.3. The molecule has 0 saturated heterocycles. The van der Waals surface area contributed by atoms with Crippen LogP contribution in [0.2, 0.25) is 5.02 Å². The van der Waals surface area contributed by atoms with E-state index in [1.54, 1.807) is 6.07 Å². The number of aldehydes is 1. The van der Waals surface area contributed by atoms with Crippen LogP contribution in [0.4, 0.5) is 4.79 Å². The van der Waals surface area contributed by atoms with Crippen LogP contribution in [0.3, 0.4) is 0 Å². The number of benzene rings is 2. The largest absolute Gasteiger partial charge is 0.445 e. The highest BCUT2D eigenvalue weighted by molar-refractivity contribution is 7.98. The molecule has 2 atom stereocenters. The molecule has 0 fully saturated rings. The molecule has 0 heterocycles. The maximum Gasteiger partial charge on any atom is 0.408 e. The standard InChI is InChI=1S/C24H29ClN2O4S/c1-17(2)11-22(27-24(30)31-14-18-7-4-3-5-8-18)23(29)26-21(13-28)16-32-15-19-9-6-10-20(25)12-19/h3-10,12-13,17,21-22H,11,14-16H2,1-2H3,(H,26,29)(H,27,30)/t21?,22-/m1/s1. The molecule has 2 aromatic carbocycles. The molecule has 0 saturated carbocycles. The number of thioether (sulfide) groups is 1. The van der Waals surface area contributed by atoms with Gasteiger partial charge in [0.05, 0.1) is 6.04 Å². The third kappa shape index (κ3) is 9.75. The maximum atomic E-state index is 12.8. The van der Waals surface area contributed by atoms with Crippen molar-refractivity contribution in [2.75, 3.05) is 5.75 Å². The highest BCUT2D eigenvalue weighted by atomic mass is 35.5. The first-order valence-electron chi connectivity index (χ1n) is 10.4. The summed E-state index contributed by atoms with van der Waals surface area (Å²) in [5, 5.41) is 6.01. The average Bonchev–Trinajstić information content (AvgIpc) is 2.77. The third-order valence-electron chi connectivity index (χ3n) is 4.48. The number of ether oxygens (including phenoxy) is 1. The predicted octanol–water partition coefficient (Wildman–Crippen LogP) is 4.60. The van der Waals surface area contributed by atoms with Crippen molar-refractivity contribution in [3.05, 3.63) is 70.7 Å². The lowest BCUT2D eigenvalue weighted by Crippen LogP contribution is -2.51. The molecule has 0 aliphatic heterocycles. The highest BCUT2D eigenvalue weighted by Gasteiger charge is 2.24. The van der Waals surface area contributed by atoms with Gasteiger partial charge in [-0.25, -0.2) is 4.79 Å². The molecule has 2 aromatic rings. The van der Waals surface area contributed by atoms with Gasteiger partial charge in [-0.3, -0.25) is 4.79 Å². The van der Waals surface area contributed by atoms with Gasteiger partial charge in [0, 0.05) is 16.5 Å². The number of alkyl carbamates (subject to hydrolysis) is 1. The molecule has 2 amide bonds. The first-order valence-corrected chi connectivity index (χ1v) is 12.0. The third-order valence-corrected chi connectivity index (χ3v) is 5.84. The van der Waals surface area contributed by atoms with Gasteiger partial charge in [0.2, 0.25) is 5.91 Å². The first kappa shape index (κ1) is 25.7. The molecule has 0 radical (unpaired) electrons. The first-order chi connectivity index (χ1) is 15.4. The van der Waals surface area contributed by atoms with Crippen LogP contribution in [0.25, 0.3) is 0 Å². The molecule has 32 heavy (non-hydrogen) atoms. The summed E-state index contributed by atoms with van der Waals surface area (Å²) >= 11 is 7.51. The van der Waals surface area contributed by atoms with Gasteiger partial charge in [0.25, 0.3) is 0 Å². The van der Waals surface area contributed by atoms with Crippen LogP contribution in [0.15, 0.2) is 54.6 Å². The van der Waals surface area contributed by atoms with E-state index in [2.05, 4.69) is 10.6 Å². The number of amides is 2. The van der Waals surface area contributed by atoms with E-state index < -0.39 is 24.1 Å². The molecule has 2 N–H and O–H groups in total. The normalized spacial score (nSPS) is 12.6. The van der Waals surface area contributed by atoms with Crippen molar-refractivity contribution in [2.24, 2.45) is 5.92 Å². The van der Waals surface area contributed by atoms with Gasteiger partial charge in [0.1, 0.15) is 18.9 Å². The predicted molar refractivity (Wildman–Crippen MR) is 129 cm³/mol. The number of carbonyl (C=O) groups is 3. The summed E-state index contributed by atoms with van der Waals surface area (Å²) in [7, 11) is 0. The van der Waals surface area contributed by atoms with Gasteiger partial charge in [-0.2, -0.15) is 11.8 Å². The molecular formula is C24H29ClN2O4S. The number of nitrogens with one attached hydrogen (secondary N) is 2. The zero-order valence-electron chi connectivity index (χ0n) is 18.3. The van der Waals surface area contributed by atoms with Gasteiger partial charge in [-0.05, 0) is 35.6 Å². The SMILES string of the molecule is CC(C)C[C@@H](NC(=O)OCc1ccccc1)C(=O)NC(C=O)CSCc1cccc(Cl)c1. The fraction of sp³-hybridized carbons (Fsp3) is 0.375. The van der Waals surface area contributed by atoms with Crippen LogP contribution in [0.1, 0.15) is 31.4 Å². The Balaban J connectivity index is 1.85. The molecule has 172 valence electrons. The van der Waals surface area contributed by atoms with Crippen molar-refractivity contribution in [3.8, 4) is 0 Å². The monoisotopic (exact) mass is 476 g/mol. The molecule has 0 spiro atoms. The van der Waals surface area contributed by atoms with E-state index in [0.717, 1.165) is 11.1 Å². The van der Waals surface area contributed by atoms with E-state index in [4.69, 9.17) is 16.3 Å².